The Bertz CT molecular complexity index is 171. The van der Waals surface area contributed by atoms with Crippen LogP contribution in [0.15, 0.2) is 0 Å². The lowest BCUT2D eigenvalue weighted by Gasteiger charge is -2.17. The fourth-order valence-electron chi connectivity index (χ4n) is 2.35. The first-order chi connectivity index (χ1) is 7.72. The zero-order valence-corrected chi connectivity index (χ0v) is 11.3. The van der Waals surface area contributed by atoms with Crippen LogP contribution >= 0.6 is 0 Å². The lowest BCUT2D eigenvalue weighted by Crippen LogP contribution is -2.33. The summed E-state index contributed by atoms with van der Waals surface area (Å²) >= 11 is 0. The van der Waals surface area contributed by atoms with Gasteiger partial charge in [-0.3, -0.25) is 0 Å². The van der Waals surface area contributed by atoms with Gasteiger partial charge in [-0.1, -0.05) is 20.8 Å². The Morgan fingerprint density at radius 3 is 2.81 bits per heavy atom. The number of nitrogens with zero attached hydrogens (tertiary/aromatic N) is 1. The molecule has 96 valence electrons. The second kappa shape index (κ2) is 8.04. The molecule has 0 saturated carbocycles. The van der Waals surface area contributed by atoms with Gasteiger partial charge in [0.15, 0.2) is 0 Å². The minimum atomic E-state index is 0.618. The van der Waals surface area contributed by atoms with Gasteiger partial charge in [-0.05, 0) is 38.4 Å². The molecule has 3 heteroatoms. The van der Waals surface area contributed by atoms with Crippen LogP contribution in [-0.4, -0.2) is 50.2 Å². The maximum atomic E-state index is 3.49. The molecule has 1 rings (SSSR count). The lowest BCUT2D eigenvalue weighted by molar-refractivity contribution is 0.314. The van der Waals surface area contributed by atoms with Crippen molar-refractivity contribution in [1.29, 1.82) is 0 Å². The molecular weight excluding hydrogens is 198 g/mol. The zero-order valence-electron chi connectivity index (χ0n) is 11.3. The van der Waals surface area contributed by atoms with E-state index in [1.54, 1.807) is 0 Å². The van der Waals surface area contributed by atoms with Crippen LogP contribution in [0.2, 0.25) is 0 Å². The normalized spacial score (nSPS) is 22.1. The van der Waals surface area contributed by atoms with E-state index in [4.69, 9.17) is 0 Å². The number of hydrogen-bond acceptors (Lipinski definition) is 3. The molecule has 1 atom stereocenters. The second-order valence-electron chi connectivity index (χ2n) is 5.21. The van der Waals surface area contributed by atoms with Crippen molar-refractivity contribution in [1.82, 2.24) is 15.5 Å². The minimum Gasteiger partial charge on any atom is -0.317 e. The molecule has 1 fully saturated rings. The minimum absolute atomic E-state index is 0.618. The van der Waals surface area contributed by atoms with Gasteiger partial charge in [0.1, 0.15) is 0 Å². The van der Waals surface area contributed by atoms with Crippen molar-refractivity contribution in [3.8, 4) is 0 Å². The quantitative estimate of drug-likeness (QED) is 0.612. The highest BCUT2D eigenvalue weighted by molar-refractivity contribution is 4.76. The molecule has 1 saturated heterocycles. The first kappa shape index (κ1) is 13.9. The van der Waals surface area contributed by atoms with Gasteiger partial charge in [-0.15, -0.1) is 0 Å². The molecule has 0 aromatic rings. The molecular formula is C13H29N3. The van der Waals surface area contributed by atoms with Crippen molar-refractivity contribution in [3.63, 3.8) is 0 Å². The van der Waals surface area contributed by atoms with Crippen molar-refractivity contribution in [2.24, 2.45) is 5.92 Å². The molecule has 2 N–H and O–H groups in total. The third kappa shape index (κ3) is 5.83. The maximum absolute atomic E-state index is 3.49. The van der Waals surface area contributed by atoms with Crippen LogP contribution in [0.25, 0.3) is 0 Å². The van der Waals surface area contributed by atoms with Crippen molar-refractivity contribution in [3.05, 3.63) is 0 Å². The highest BCUT2D eigenvalue weighted by atomic mass is 15.2. The topological polar surface area (TPSA) is 27.3 Å². The fourth-order valence-corrected chi connectivity index (χ4v) is 2.35. The fraction of sp³-hybridized carbons (Fsp3) is 1.00. The average Bonchev–Trinajstić information content (AvgIpc) is 2.66. The summed E-state index contributed by atoms with van der Waals surface area (Å²) in [6, 6.07) is 0.618. The Morgan fingerprint density at radius 1 is 1.31 bits per heavy atom. The van der Waals surface area contributed by atoms with Crippen molar-refractivity contribution in [2.75, 3.05) is 39.3 Å². The highest BCUT2D eigenvalue weighted by Gasteiger charge is 2.21. The van der Waals surface area contributed by atoms with E-state index in [1.807, 2.05) is 0 Å². The van der Waals surface area contributed by atoms with Crippen molar-refractivity contribution in [2.45, 2.75) is 39.7 Å². The molecule has 0 aromatic heterocycles. The van der Waals surface area contributed by atoms with Crippen LogP contribution in [0.1, 0.15) is 33.6 Å². The van der Waals surface area contributed by atoms with Crippen LogP contribution in [-0.2, 0) is 0 Å². The summed E-state index contributed by atoms with van der Waals surface area (Å²) < 4.78 is 0. The molecule has 16 heavy (non-hydrogen) atoms. The Labute approximate surface area is 101 Å². The van der Waals surface area contributed by atoms with Crippen LogP contribution in [0.4, 0.5) is 0 Å². The summed E-state index contributed by atoms with van der Waals surface area (Å²) in [5, 5.41) is 6.90. The van der Waals surface area contributed by atoms with E-state index in [-0.39, 0.29) is 0 Å². The van der Waals surface area contributed by atoms with E-state index in [9.17, 15) is 0 Å². The van der Waals surface area contributed by atoms with E-state index >= 15 is 0 Å². The Kier molecular flexibility index (Phi) is 7.01. The van der Waals surface area contributed by atoms with Gasteiger partial charge in [-0.2, -0.15) is 0 Å². The summed E-state index contributed by atoms with van der Waals surface area (Å²) in [6.45, 7) is 13.9. The summed E-state index contributed by atoms with van der Waals surface area (Å²) in [4.78, 5) is 2.60. The predicted molar refractivity (Wildman–Crippen MR) is 70.8 cm³/mol. The Hall–Kier alpha value is -0.120. The van der Waals surface area contributed by atoms with E-state index < -0.39 is 0 Å². The van der Waals surface area contributed by atoms with Gasteiger partial charge in [0.05, 0.1) is 0 Å². The van der Waals surface area contributed by atoms with Crippen LogP contribution in [0, 0.1) is 5.92 Å². The van der Waals surface area contributed by atoms with Crippen LogP contribution < -0.4 is 10.6 Å². The third-order valence-corrected chi connectivity index (χ3v) is 3.33. The number of nitrogens with one attached hydrogen (secondary N) is 2. The smallest absolute Gasteiger partial charge is 0.0107 e. The van der Waals surface area contributed by atoms with E-state index in [2.05, 4.69) is 36.3 Å². The van der Waals surface area contributed by atoms with Crippen LogP contribution in [0.5, 0.6) is 0 Å². The molecule has 1 aliphatic rings. The SMILES string of the molecule is CCNCCC1CCN(CCNC(C)C)C1. The predicted octanol–water partition coefficient (Wildman–Crippen LogP) is 1.31. The Balaban J connectivity index is 2.01. The monoisotopic (exact) mass is 227 g/mol. The largest absolute Gasteiger partial charge is 0.317 e. The van der Waals surface area contributed by atoms with Gasteiger partial charge >= 0.3 is 0 Å². The molecule has 3 nitrogen and oxygen atoms in total. The number of hydrogen-bond donors (Lipinski definition) is 2. The highest BCUT2D eigenvalue weighted by Crippen LogP contribution is 2.18. The molecule has 0 aromatic carbocycles. The van der Waals surface area contributed by atoms with E-state index in [1.165, 1.54) is 39.0 Å². The van der Waals surface area contributed by atoms with Crippen molar-refractivity contribution >= 4 is 0 Å². The molecule has 1 aliphatic heterocycles. The molecule has 1 unspecified atom stereocenters. The lowest BCUT2D eigenvalue weighted by atomic mass is 10.1. The summed E-state index contributed by atoms with van der Waals surface area (Å²) in [5.41, 5.74) is 0. The number of likely N-dealkylation sites (tertiary alicyclic amines) is 1. The molecule has 0 aliphatic carbocycles. The average molecular weight is 227 g/mol. The molecule has 0 spiro atoms. The van der Waals surface area contributed by atoms with Gasteiger partial charge in [-0.25, -0.2) is 0 Å². The van der Waals surface area contributed by atoms with Gasteiger partial charge in [0.25, 0.3) is 0 Å². The Morgan fingerprint density at radius 2 is 2.12 bits per heavy atom. The molecule has 0 amide bonds. The van der Waals surface area contributed by atoms with E-state index in [0.717, 1.165) is 19.0 Å². The van der Waals surface area contributed by atoms with Gasteiger partial charge in [0, 0.05) is 25.7 Å². The molecule has 0 bridgehead atoms. The summed E-state index contributed by atoms with van der Waals surface area (Å²) in [7, 11) is 0. The van der Waals surface area contributed by atoms with E-state index in [0.29, 0.717) is 6.04 Å². The van der Waals surface area contributed by atoms with Gasteiger partial charge in [0.2, 0.25) is 0 Å². The maximum Gasteiger partial charge on any atom is 0.0107 e. The third-order valence-electron chi connectivity index (χ3n) is 3.33. The standard InChI is InChI=1S/C13H29N3/c1-4-14-7-5-13-6-9-16(11-13)10-8-15-12(2)3/h12-15H,4-11H2,1-3H3. The molecule has 0 radical (unpaired) electrons. The van der Waals surface area contributed by atoms with Gasteiger partial charge < -0.3 is 15.5 Å². The zero-order chi connectivity index (χ0) is 11.8. The molecule has 1 heterocycles. The van der Waals surface area contributed by atoms with Crippen molar-refractivity contribution < 1.29 is 0 Å². The summed E-state index contributed by atoms with van der Waals surface area (Å²) in [5.74, 6) is 0.929. The first-order valence-electron chi connectivity index (χ1n) is 6.88. The second-order valence-corrected chi connectivity index (χ2v) is 5.21. The number of rotatable bonds is 8. The first-order valence-corrected chi connectivity index (χ1v) is 6.88. The van der Waals surface area contributed by atoms with Crippen LogP contribution in [0.3, 0.4) is 0 Å². The summed E-state index contributed by atoms with van der Waals surface area (Å²) in [6.07, 6.45) is 2.75.